The molecule has 1 aromatic heterocycles. The fourth-order valence-corrected chi connectivity index (χ4v) is 2.96. The molecule has 2 aromatic carbocycles. The van der Waals surface area contributed by atoms with Crippen molar-refractivity contribution in [1.29, 1.82) is 0 Å². The Balaban J connectivity index is 2.27. The van der Waals surface area contributed by atoms with E-state index in [4.69, 9.17) is 4.74 Å². The van der Waals surface area contributed by atoms with E-state index in [1.165, 1.54) is 12.3 Å². The van der Waals surface area contributed by atoms with Crippen molar-refractivity contribution in [3.8, 4) is 16.9 Å². The average Bonchev–Trinajstić information content (AvgIpc) is 2.60. The second-order valence-electron chi connectivity index (χ2n) is 6.13. The van der Waals surface area contributed by atoms with Crippen molar-refractivity contribution in [1.82, 2.24) is 4.98 Å². The first-order valence-corrected chi connectivity index (χ1v) is 7.92. The van der Waals surface area contributed by atoms with Crippen molar-refractivity contribution < 1.29 is 19.0 Å². The minimum atomic E-state index is -0.986. The molecular weight excluding hydrogens is 321 g/mol. The molecule has 3 aromatic rings. The molecule has 4 nitrogen and oxygen atoms in total. The van der Waals surface area contributed by atoms with Gasteiger partial charge >= 0.3 is 5.97 Å². The van der Waals surface area contributed by atoms with Crippen LogP contribution in [0.5, 0.6) is 5.75 Å². The van der Waals surface area contributed by atoms with Crippen LogP contribution in [0.15, 0.2) is 42.6 Å². The zero-order chi connectivity index (χ0) is 18.1. The first-order chi connectivity index (χ1) is 11.9. The fourth-order valence-electron chi connectivity index (χ4n) is 2.96. The summed E-state index contributed by atoms with van der Waals surface area (Å²) in [5.74, 6) is -0.792. The lowest BCUT2D eigenvalue weighted by Gasteiger charge is -2.14. The molecule has 0 saturated carbocycles. The van der Waals surface area contributed by atoms with Crippen molar-refractivity contribution in [2.75, 3.05) is 7.11 Å². The predicted octanol–water partition coefficient (Wildman–Crippen LogP) is 4.87. The molecule has 0 saturated heterocycles. The zero-order valence-corrected chi connectivity index (χ0v) is 14.2. The van der Waals surface area contributed by atoms with Gasteiger partial charge in [-0.2, -0.15) is 0 Å². The number of aromatic carboxylic acids is 1. The Morgan fingerprint density at radius 2 is 1.96 bits per heavy atom. The maximum absolute atomic E-state index is 14.6. The Morgan fingerprint density at radius 3 is 2.60 bits per heavy atom. The van der Waals surface area contributed by atoms with Gasteiger partial charge in [0.05, 0.1) is 24.4 Å². The molecule has 0 aliphatic carbocycles. The van der Waals surface area contributed by atoms with Crippen molar-refractivity contribution in [2.45, 2.75) is 19.8 Å². The van der Waals surface area contributed by atoms with Crippen LogP contribution in [0, 0.1) is 5.82 Å². The number of carboxylic acids is 1. The number of carboxylic acid groups (broad SMARTS) is 1. The minimum absolute atomic E-state index is 0.00214. The van der Waals surface area contributed by atoms with E-state index in [0.717, 1.165) is 0 Å². The lowest BCUT2D eigenvalue weighted by atomic mass is 9.91. The maximum atomic E-state index is 14.6. The monoisotopic (exact) mass is 339 g/mol. The fraction of sp³-hybridized carbons (Fsp3) is 0.200. The summed E-state index contributed by atoms with van der Waals surface area (Å²) in [4.78, 5) is 15.6. The van der Waals surface area contributed by atoms with E-state index in [0.29, 0.717) is 33.3 Å². The number of halogens is 1. The third-order valence-corrected chi connectivity index (χ3v) is 4.22. The average molecular weight is 339 g/mol. The Labute approximate surface area is 144 Å². The van der Waals surface area contributed by atoms with Crippen LogP contribution < -0.4 is 4.74 Å². The normalized spacial score (nSPS) is 11.1. The van der Waals surface area contributed by atoms with Gasteiger partial charge in [0.1, 0.15) is 11.6 Å². The largest absolute Gasteiger partial charge is 0.497 e. The van der Waals surface area contributed by atoms with E-state index in [9.17, 15) is 14.3 Å². The molecule has 128 valence electrons. The second kappa shape index (κ2) is 6.51. The smallest absolute Gasteiger partial charge is 0.335 e. The molecular formula is C20H18FNO3. The van der Waals surface area contributed by atoms with E-state index in [-0.39, 0.29) is 11.5 Å². The van der Waals surface area contributed by atoms with Crippen LogP contribution in [0.4, 0.5) is 4.39 Å². The molecule has 1 heterocycles. The van der Waals surface area contributed by atoms with Gasteiger partial charge in [-0.1, -0.05) is 19.9 Å². The summed E-state index contributed by atoms with van der Waals surface area (Å²) in [6, 6.07) is 10.2. The SMILES string of the molecule is COc1ccc2c(-c3ccc(C(=O)O)c(C(C)C)c3)c(F)cnc2c1. The number of hydrogen-bond donors (Lipinski definition) is 1. The van der Waals surface area contributed by atoms with E-state index < -0.39 is 11.8 Å². The number of benzene rings is 2. The zero-order valence-electron chi connectivity index (χ0n) is 14.2. The highest BCUT2D eigenvalue weighted by atomic mass is 19.1. The van der Waals surface area contributed by atoms with E-state index in [1.54, 1.807) is 37.4 Å². The van der Waals surface area contributed by atoms with Gasteiger partial charge in [0.25, 0.3) is 0 Å². The van der Waals surface area contributed by atoms with E-state index in [2.05, 4.69) is 4.98 Å². The summed E-state index contributed by atoms with van der Waals surface area (Å²) in [5.41, 5.74) is 2.56. The Bertz CT molecular complexity index is 967. The van der Waals surface area contributed by atoms with Gasteiger partial charge in [0.2, 0.25) is 0 Å². The highest BCUT2D eigenvalue weighted by molar-refractivity contribution is 5.97. The van der Waals surface area contributed by atoms with Crippen LogP contribution in [-0.2, 0) is 0 Å². The van der Waals surface area contributed by atoms with Crippen LogP contribution in [0.1, 0.15) is 35.7 Å². The molecule has 0 aliphatic rings. The number of fused-ring (bicyclic) bond motifs is 1. The van der Waals surface area contributed by atoms with Crippen LogP contribution in [0.3, 0.4) is 0 Å². The van der Waals surface area contributed by atoms with Crippen LogP contribution in [-0.4, -0.2) is 23.2 Å². The second-order valence-corrected chi connectivity index (χ2v) is 6.13. The summed E-state index contributed by atoms with van der Waals surface area (Å²) in [6.07, 6.45) is 1.18. The summed E-state index contributed by atoms with van der Waals surface area (Å²) in [7, 11) is 1.56. The first-order valence-electron chi connectivity index (χ1n) is 7.92. The van der Waals surface area contributed by atoms with Gasteiger partial charge in [0, 0.05) is 17.0 Å². The van der Waals surface area contributed by atoms with Crippen LogP contribution in [0.25, 0.3) is 22.0 Å². The first kappa shape index (κ1) is 16.9. The molecule has 0 spiro atoms. The van der Waals surface area contributed by atoms with Gasteiger partial charge in [0.15, 0.2) is 0 Å². The molecule has 0 aliphatic heterocycles. The van der Waals surface area contributed by atoms with Crippen molar-refractivity contribution >= 4 is 16.9 Å². The third kappa shape index (κ3) is 3.05. The minimum Gasteiger partial charge on any atom is -0.497 e. The summed E-state index contributed by atoms with van der Waals surface area (Å²) < 4.78 is 19.8. The Hall–Kier alpha value is -2.95. The molecule has 0 bridgehead atoms. The quantitative estimate of drug-likeness (QED) is 0.736. The van der Waals surface area contributed by atoms with Crippen molar-refractivity contribution in [3.05, 3.63) is 59.5 Å². The summed E-state index contributed by atoms with van der Waals surface area (Å²) in [5, 5.41) is 10.0. The number of pyridine rings is 1. The standard InChI is InChI=1S/C20H18FNO3/c1-11(2)16-8-12(4-6-14(16)20(23)24)19-15-7-5-13(25-3)9-18(15)22-10-17(19)21/h4-11H,1-3H3,(H,23,24). The molecule has 25 heavy (non-hydrogen) atoms. The predicted molar refractivity (Wildman–Crippen MR) is 94.7 cm³/mol. The highest BCUT2D eigenvalue weighted by Crippen LogP contribution is 2.34. The number of rotatable bonds is 4. The maximum Gasteiger partial charge on any atom is 0.335 e. The molecule has 0 unspecified atom stereocenters. The number of carbonyl (C=O) groups is 1. The van der Waals surface area contributed by atoms with Gasteiger partial charge in [-0.15, -0.1) is 0 Å². The van der Waals surface area contributed by atoms with E-state index >= 15 is 0 Å². The topological polar surface area (TPSA) is 59.4 Å². The molecule has 0 amide bonds. The number of aromatic nitrogens is 1. The molecule has 0 atom stereocenters. The summed E-state index contributed by atoms with van der Waals surface area (Å²) in [6.45, 7) is 3.83. The highest BCUT2D eigenvalue weighted by Gasteiger charge is 2.17. The number of methoxy groups -OCH3 is 1. The van der Waals surface area contributed by atoms with Gasteiger partial charge in [-0.3, -0.25) is 4.98 Å². The number of hydrogen-bond acceptors (Lipinski definition) is 3. The number of nitrogens with zero attached hydrogens (tertiary/aromatic N) is 1. The molecule has 5 heteroatoms. The van der Waals surface area contributed by atoms with Crippen molar-refractivity contribution in [2.24, 2.45) is 0 Å². The molecule has 0 radical (unpaired) electrons. The van der Waals surface area contributed by atoms with Crippen LogP contribution >= 0.6 is 0 Å². The molecule has 1 N–H and O–H groups in total. The lowest BCUT2D eigenvalue weighted by Crippen LogP contribution is -2.04. The number of ether oxygens (including phenoxy) is 1. The Kier molecular flexibility index (Phi) is 4.40. The van der Waals surface area contributed by atoms with Gasteiger partial charge in [-0.25, -0.2) is 9.18 Å². The van der Waals surface area contributed by atoms with Gasteiger partial charge in [-0.05, 0) is 41.3 Å². The van der Waals surface area contributed by atoms with Gasteiger partial charge < -0.3 is 9.84 Å². The molecule has 0 fully saturated rings. The molecule has 3 rings (SSSR count). The lowest BCUT2D eigenvalue weighted by molar-refractivity contribution is 0.0695. The van der Waals surface area contributed by atoms with Crippen molar-refractivity contribution in [3.63, 3.8) is 0 Å². The van der Waals surface area contributed by atoms with Crippen LogP contribution in [0.2, 0.25) is 0 Å². The van der Waals surface area contributed by atoms with E-state index in [1.807, 2.05) is 13.8 Å². The summed E-state index contributed by atoms with van der Waals surface area (Å²) >= 11 is 0. The Morgan fingerprint density at radius 1 is 1.20 bits per heavy atom. The third-order valence-electron chi connectivity index (χ3n) is 4.22.